The van der Waals surface area contributed by atoms with E-state index in [1.54, 1.807) is 0 Å². The van der Waals surface area contributed by atoms with Crippen LogP contribution in [0.25, 0.3) is 69.9 Å². The van der Waals surface area contributed by atoms with E-state index in [0.29, 0.717) is 5.84 Å². The fourth-order valence-electron chi connectivity index (χ4n) is 8.33. The molecule has 1 unspecified atom stereocenters. The molecule has 11 rings (SSSR count). The Morgan fingerprint density at radius 1 is 0.464 bits per heavy atom. The highest BCUT2D eigenvalue weighted by atomic mass is 32.1. The van der Waals surface area contributed by atoms with Gasteiger partial charge in [-0.3, -0.25) is 0 Å². The molecule has 1 atom stereocenters. The van der Waals surface area contributed by atoms with E-state index < -0.39 is 0 Å². The molecule has 5 heteroatoms. The van der Waals surface area contributed by atoms with Crippen LogP contribution in [-0.4, -0.2) is 16.2 Å². The van der Waals surface area contributed by atoms with Gasteiger partial charge in [0, 0.05) is 42.9 Å². The van der Waals surface area contributed by atoms with Gasteiger partial charge in [0.2, 0.25) is 0 Å². The van der Waals surface area contributed by atoms with Crippen molar-refractivity contribution in [3.05, 3.63) is 211 Å². The molecule has 2 aromatic heterocycles. The maximum absolute atomic E-state index is 5.44. The molecule has 0 saturated carbocycles. The predicted molar refractivity (Wildman–Crippen MR) is 236 cm³/mol. The number of amidine groups is 2. The standard InChI is InChI=1S/C51H34N4S/c1-3-16-33(17-4-1)36-20-7-9-24-42(36)50-52-49(53-51(54-50)43-25-10-8-21-37(43)34-18-5-2-6-19-34)35-30-31-39-38-22-11-13-27-44(38)55(46(39)32-35)45-28-15-26-41-40-23-12-14-29-47(40)56-48(41)45/h1-32,50H,(H,52,53,54). The van der Waals surface area contributed by atoms with Crippen LogP contribution in [0.4, 0.5) is 0 Å². The summed E-state index contributed by atoms with van der Waals surface area (Å²) in [4.78, 5) is 10.8. The fraction of sp³-hybridized carbons (Fsp3) is 0.0196. The van der Waals surface area contributed by atoms with Crippen molar-refractivity contribution in [3.63, 3.8) is 0 Å². The maximum Gasteiger partial charge on any atom is 0.159 e. The van der Waals surface area contributed by atoms with Crippen molar-refractivity contribution < 1.29 is 0 Å². The van der Waals surface area contributed by atoms with Crippen molar-refractivity contribution in [1.82, 2.24) is 9.88 Å². The number of rotatable bonds is 6. The molecular weight excluding hydrogens is 701 g/mol. The van der Waals surface area contributed by atoms with Crippen molar-refractivity contribution in [3.8, 4) is 27.9 Å². The van der Waals surface area contributed by atoms with Gasteiger partial charge in [-0.05, 0) is 46.5 Å². The molecule has 0 radical (unpaired) electrons. The first-order valence-electron chi connectivity index (χ1n) is 18.9. The Morgan fingerprint density at radius 3 is 1.91 bits per heavy atom. The highest BCUT2D eigenvalue weighted by molar-refractivity contribution is 7.26. The van der Waals surface area contributed by atoms with E-state index in [9.17, 15) is 0 Å². The van der Waals surface area contributed by atoms with Gasteiger partial charge >= 0.3 is 0 Å². The summed E-state index contributed by atoms with van der Waals surface area (Å²) < 4.78 is 5.00. The highest BCUT2D eigenvalue weighted by Crippen LogP contribution is 2.41. The second-order valence-corrected chi connectivity index (χ2v) is 15.2. The summed E-state index contributed by atoms with van der Waals surface area (Å²) in [7, 11) is 0. The molecule has 3 heterocycles. The summed E-state index contributed by atoms with van der Waals surface area (Å²) >= 11 is 1.86. The Balaban J connectivity index is 1.14. The van der Waals surface area contributed by atoms with Gasteiger partial charge in [-0.2, -0.15) is 0 Å². The zero-order valence-electron chi connectivity index (χ0n) is 30.3. The van der Waals surface area contributed by atoms with Crippen molar-refractivity contribution in [2.24, 2.45) is 9.98 Å². The van der Waals surface area contributed by atoms with Gasteiger partial charge in [-0.15, -0.1) is 11.3 Å². The van der Waals surface area contributed by atoms with Crippen molar-refractivity contribution in [1.29, 1.82) is 0 Å². The summed E-state index contributed by atoms with van der Waals surface area (Å²) in [5, 5.41) is 8.78. The Labute approximate surface area is 328 Å². The number of hydrogen-bond acceptors (Lipinski definition) is 4. The molecule has 10 aromatic rings. The molecule has 1 aliphatic heterocycles. The zero-order valence-corrected chi connectivity index (χ0v) is 31.1. The number of thiophene rings is 1. The second-order valence-electron chi connectivity index (χ2n) is 14.2. The number of benzene rings is 8. The molecule has 0 bridgehead atoms. The molecule has 0 saturated heterocycles. The number of aromatic nitrogens is 1. The lowest BCUT2D eigenvalue weighted by atomic mass is 9.96. The quantitative estimate of drug-likeness (QED) is 0.182. The van der Waals surface area contributed by atoms with Crippen molar-refractivity contribution >= 4 is 65.0 Å². The Morgan fingerprint density at radius 2 is 1.09 bits per heavy atom. The first-order chi connectivity index (χ1) is 27.8. The second kappa shape index (κ2) is 13.3. The van der Waals surface area contributed by atoms with E-state index in [-0.39, 0.29) is 6.17 Å². The van der Waals surface area contributed by atoms with Gasteiger partial charge in [0.05, 0.1) is 21.4 Å². The molecule has 4 nitrogen and oxygen atoms in total. The molecule has 0 fully saturated rings. The van der Waals surface area contributed by atoms with Gasteiger partial charge in [-0.1, -0.05) is 170 Å². The maximum atomic E-state index is 5.44. The minimum atomic E-state index is -0.383. The summed E-state index contributed by atoms with van der Waals surface area (Å²) in [5.41, 5.74) is 11.1. The van der Waals surface area contributed by atoms with E-state index >= 15 is 0 Å². The van der Waals surface area contributed by atoms with Gasteiger partial charge in [0.1, 0.15) is 12.0 Å². The molecule has 0 spiro atoms. The van der Waals surface area contributed by atoms with Crippen LogP contribution in [0.3, 0.4) is 0 Å². The smallest absolute Gasteiger partial charge is 0.159 e. The minimum absolute atomic E-state index is 0.383. The molecule has 264 valence electrons. The summed E-state index contributed by atoms with van der Waals surface area (Å²) in [6.07, 6.45) is -0.383. The van der Waals surface area contributed by atoms with E-state index in [1.807, 2.05) is 11.3 Å². The first-order valence-corrected chi connectivity index (χ1v) is 19.8. The van der Waals surface area contributed by atoms with E-state index in [2.05, 4.69) is 204 Å². The van der Waals surface area contributed by atoms with Crippen LogP contribution in [0.1, 0.15) is 22.9 Å². The zero-order chi connectivity index (χ0) is 37.0. The van der Waals surface area contributed by atoms with E-state index in [0.717, 1.165) is 50.3 Å². The number of para-hydroxylation sites is 1. The monoisotopic (exact) mass is 734 g/mol. The normalized spacial score (nSPS) is 14.2. The number of nitrogens with one attached hydrogen (secondary N) is 1. The predicted octanol–water partition coefficient (Wildman–Crippen LogP) is 13.0. The Hall–Kier alpha value is -7.08. The van der Waals surface area contributed by atoms with Crippen LogP contribution in [0.15, 0.2) is 204 Å². The van der Waals surface area contributed by atoms with Gasteiger partial charge in [0.25, 0.3) is 0 Å². The molecule has 1 aliphatic rings. The largest absolute Gasteiger partial charge is 0.344 e. The number of fused-ring (bicyclic) bond motifs is 6. The SMILES string of the molecule is c1ccc(-c2ccccc2C2=NC(c3ccc4c5ccccc5n(-c5cccc6c5sc5ccccc56)c4c3)=NC(c3ccccc3-c3ccccc3)N2)cc1. The topological polar surface area (TPSA) is 41.7 Å². The van der Waals surface area contributed by atoms with Gasteiger partial charge in [0.15, 0.2) is 5.84 Å². The van der Waals surface area contributed by atoms with Gasteiger partial charge in [-0.25, -0.2) is 9.98 Å². The fourth-order valence-corrected chi connectivity index (χ4v) is 9.53. The van der Waals surface area contributed by atoms with Crippen LogP contribution in [0, 0.1) is 0 Å². The number of hydrogen-bond donors (Lipinski definition) is 1. The van der Waals surface area contributed by atoms with Gasteiger partial charge < -0.3 is 9.88 Å². The lowest BCUT2D eigenvalue weighted by molar-refractivity contribution is 0.676. The molecule has 56 heavy (non-hydrogen) atoms. The Bertz CT molecular complexity index is 3170. The average Bonchev–Trinajstić information content (AvgIpc) is 3.82. The molecule has 1 N–H and O–H groups in total. The minimum Gasteiger partial charge on any atom is -0.344 e. The van der Waals surface area contributed by atoms with Crippen LogP contribution in [-0.2, 0) is 0 Å². The van der Waals surface area contributed by atoms with Crippen LogP contribution >= 0.6 is 11.3 Å². The lowest BCUT2D eigenvalue weighted by Gasteiger charge is -2.26. The Kier molecular flexibility index (Phi) is 7.71. The van der Waals surface area contributed by atoms with Crippen molar-refractivity contribution in [2.75, 3.05) is 0 Å². The molecule has 8 aromatic carbocycles. The van der Waals surface area contributed by atoms with Crippen LogP contribution in [0.5, 0.6) is 0 Å². The number of nitrogens with zero attached hydrogens (tertiary/aromatic N) is 3. The molecule has 0 aliphatic carbocycles. The molecule has 0 amide bonds. The third-order valence-corrected chi connectivity index (χ3v) is 12.1. The van der Waals surface area contributed by atoms with Crippen LogP contribution in [0.2, 0.25) is 0 Å². The third kappa shape index (κ3) is 5.36. The molecular formula is C51H34N4S. The lowest BCUT2D eigenvalue weighted by Crippen LogP contribution is -2.34. The highest BCUT2D eigenvalue weighted by Gasteiger charge is 2.26. The van der Waals surface area contributed by atoms with Crippen molar-refractivity contribution in [2.45, 2.75) is 6.17 Å². The summed E-state index contributed by atoms with van der Waals surface area (Å²) in [5.74, 6) is 1.48. The van der Waals surface area contributed by atoms with E-state index in [1.165, 1.54) is 42.1 Å². The van der Waals surface area contributed by atoms with E-state index in [4.69, 9.17) is 9.98 Å². The third-order valence-electron chi connectivity index (χ3n) is 10.9. The summed E-state index contributed by atoms with van der Waals surface area (Å²) in [6, 6.07) is 69.0. The number of aliphatic imine (C=N–C) groups is 2. The van der Waals surface area contributed by atoms with Crippen LogP contribution < -0.4 is 5.32 Å². The first kappa shape index (κ1) is 32.4. The average molecular weight is 735 g/mol. The summed E-state index contributed by atoms with van der Waals surface area (Å²) in [6.45, 7) is 0.